The Morgan fingerprint density at radius 2 is 1.46 bits per heavy atom. The second-order valence-corrected chi connectivity index (χ2v) is 2.15. The fraction of sp³-hybridized carbons (Fsp3) is 0. The Morgan fingerprint density at radius 3 is 2.08 bits per heavy atom. The Bertz CT molecular complexity index is 279. The molecule has 0 aliphatic carbocycles. The van der Waals surface area contributed by atoms with Gasteiger partial charge in [0, 0.05) is 0 Å². The first kappa shape index (κ1) is 18.4. The van der Waals surface area contributed by atoms with Crippen LogP contribution in [0.1, 0.15) is 0 Å². The smallest absolute Gasteiger partial charge is 0.358 e. The van der Waals surface area contributed by atoms with Crippen molar-refractivity contribution in [3.05, 3.63) is 64.7 Å². The average Bonchev–Trinajstić information content (AvgIpc) is 2.33. The van der Waals surface area contributed by atoms with Gasteiger partial charge < -0.3 is 22.3 Å². The SMILES string of the molecule is [CH3-].[CH3-].[CH3-].[Ti+4].c1ccc2[cH-]ccc2c1. The Morgan fingerprint density at radius 1 is 0.846 bits per heavy atom. The first-order valence-corrected chi connectivity index (χ1v) is 3.07. The molecule has 0 heterocycles. The third-order valence-electron chi connectivity index (χ3n) is 1.55. The van der Waals surface area contributed by atoms with Crippen LogP contribution in [0, 0.1) is 22.3 Å². The quantitative estimate of drug-likeness (QED) is 0.454. The van der Waals surface area contributed by atoms with Crippen molar-refractivity contribution in [2.24, 2.45) is 0 Å². The van der Waals surface area contributed by atoms with Crippen LogP contribution in [0.2, 0.25) is 0 Å². The van der Waals surface area contributed by atoms with Crippen LogP contribution in [0.3, 0.4) is 0 Å². The molecule has 0 amide bonds. The minimum absolute atomic E-state index is 0. The van der Waals surface area contributed by atoms with E-state index in [0.717, 1.165) is 0 Å². The van der Waals surface area contributed by atoms with Gasteiger partial charge >= 0.3 is 21.7 Å². The Labute approximate surface area is 97.2 Å². The largest absolute Gasteiger partial charge is 4.00 e. The normalized spacial score (nSPS) is 7.08. The van der Waals surface area contributed by atoms with E-state index in [1.807, 2.05) is 0 Å². The second-order valence-electron chi connectivity index (χ2n) is 2.15. The van der Waals surface area contributed by atoms with Crippen molar-refractivity contribution in [3.8, 4) is 0 Å². The standard InChI is InChI=1S/C9H7.3CH3.Ti/c1-2-5-9-7-3-6-8(9)4-1;;;;/h1-7H;3*1H3;/q4*-1;+4. The molecule has 0 fully saturated rings. The molecule has 13 heavy (non-hydrogen) atoms. The summed E-state index contributed by atoms with van der Waals surface area (Å²) in [5, 5.41) is 2.66. The van der Waals surface area contributed by atoms with Crippen LogP contribution in [0.25, 0.3) is 10.8 Å². The molecule has 0 N–H and O–H groups in total. The molecular formula is C12H16Ti. The fourth-order valence-corrected chi connectivity index (χ4v) is 1.07. The third kappa shape index (κ3) is 3.84. The van der Waals surface area contributed by atoms with Gasteiger partial charge in [0.2, 0.25) is 0 Å². The predicted octanol–water partition coefficient (Wildman–Crippen LogP) is 3.91. The van der Waals surface area contributed by atoms with Gasteiger partial charge in [-0.3, -0.25) is 0 Å². The fourth-order valence-electron chi connectivity index (χ4n) is 1.07. The maximum Gasteiger partial charge on any atom is 4.00 e. The van der Waals surface area contributed by atoms with E-state index in [0.29, 0.717) is 0 Å². The molecule has 1 heteroatoms. The van der Waals surface area contributed by atoms with Crippen LogP contribution in [-0.2, 0) is 21.7 Å². The first-order valence-electron chi connectivity index (χ1n) is 3.07. The third-order valence-corrected chi connectivity index (χ3v) is 1.55. The van der Waals surface area contributed by atoms with Crippen LogP contribution >= 0.6 is 0 Å². The first-order chi connectivity index (χ1) is 4.47. The molecule has 0 aliphatic heterocycles. The maximum atomic E-state index is 2.12. The van der Waals surface area contributed by atoms with Gasteiger partial charge in [-0.05, 0) is 0 Å². The topological polar surface area (TPSA) is 0 Å². The van der Waals surface area contributed by atoms with E-state index in [-0.39, 0.29) is 44.0 Å². The molecule has 0 radical (unpaired) electrons. The molecule has 0 spiro atoms. The van der Waals surface area contributed by atoms with Gasteiger partial charge in [0.1, 0.15) is 0 Å². The number of hydrogen-bond acceptors (Lipinski definition) is 0. The van der Waals surface area contributed by atoms with Crippen molar-refractivity contribution in [1.82, 2.24) is 0 Å². The van der Waals surface area contributed by atoms with Gasteiger partial charge in [-0.15, -0.1) is 29.7 Å². The van der Waals surface area contributed by atoms with Gasteiger partial charge in [-0.25, -0.2) is 0 Å². The molecule has 0 bridgehead atoms. The Kier molecular flexibility index (Phi) is 11.5. The van der Waals surface area contributed by atoms with Crippen molar-refractivity contribution >= 4 is 10.8 Å². The molecule has 0 aromatic heterocycles. The van der Waals surface area contributed by atoms with E-state index in [1.54, 1.807) is 0 Å². The molecule has 0 saturated heterocycles. The van der Waals surface area contributed by atoms with E-state index in [1.165, 1.54) is 10.8 Å². The molecule has 2 rings (SSSR count). The summed E-state index contributed by atoms with van der Waals surface area (Å²) in [7, 11) is 0. The summed E-state index contributed by atoms with van der Waals surface area (Å²) < 4.78 is 0. The summed E-state index contributed by atoms with van der Waals surface area (Å²) in [5.41, 5.74) is 0. The zero-order chi connectivity index (χ0) is 6.10. The van der Waals surface area contributed by atoms with Crippen LogP contribution in [-0.4, -0.2) is 0 Å². The zero-order valence-corrected chi connectivity index (χ0v) is 10.1. The summed E-state index contributed by atoms with van der Waals surface area (Å²) in [5.74, 6) is 0. The van der Waals surface area contributed by atoms with Crippen molar-refractivity contribution in [3.63, 3.8) is 0 Å². The van der Waals surface area contributed by atoms with Crippen molar-refractivity contribution < 1.29 is 21.7 Å². The average molecular weight is 208 g/mol. The molecule has 2 aromatic rings. The van der Waals surface area contributed by atoms with E-state index >= 15 is 0 Å². The minimum Gasteiger partial charge on any atom is -0.358 e. The molecule has 0 atom stereocenters. The van der Waals surface area contributed by atoms with E-state index in [9.17, 15) is 0 Å². The van der Waals surface area contributed by atoms with Crippen molar-refractivity contribution in [2.45, 2.75) is 0 Å². The van der Waals surface area contributed by atoms with Crippen LogP contribution in [0.4, 0.5) is 0 Å². The number of hydrogen-bond donors (Lipinski definition) is 0. The van der Waals surface area contributed by atoms with Crippen LogP contribution in [0.5, 0.6) is 0 Å². The van der Waals surface area contributed by atoms with E-state index < -0.39 is 0 Å². The molecular weight excluding hydrogens is 192 g/mol. The minimum atomic E-state index is 0. The van der Waals surface area contributed by atoms with E-state index in [4.69, 9.17) is 0 Å². The van der Waals surface area contributed by atoms with Gasteiger partial charge in [-0.2, -0.15) is 17.5 Å². The molecule has 68 valence electrons. The Balaban J connectivity index is -0.000000250. The predicted molar refractivity (Wildman–Crippen MR) is 58.8 cm³/mol. The van der Waals surface area contributed by atoms with Gasteiger partial charge in [0.25, 0.3) is 0 Å². The molecule has 0 aliphatic rings. The summed E-state index contributed by atoms with van der Waals surface area (Å²) >= 11 is 0. The number of fused-ring (bicyclic) bond motifs is 1. The van der Waals surface area contributed by atoms with Crippen LogP contribution < -0.4 is 0 Å². The number of benzene rings is 1. The summed E-state index contributed by atoms with van der Waals surface area (Å²) in [6, 6.07) is 14.7. The molecule has 0 nitrogen and oxygen atoms in total. The monoisotopic (exact) mass is 208 g/mol. The molecule has 2 aromatic carbocycles. The second kappa shape index (κ2) is 8.16. The van der Waals surface area contributed by atoms with Crippen molar-refractivity contribution in [1.29, 1.82) is 0 Å². The van der Waals surface area contributed by atoms with Gasteiger partial charge in [0.05, 0.1) is 0 Å². The van der Waals surface area contributed by atoms with Gasteiger partial charge in [-0.1, -0.05) is 6.07 Å². The van der Waals surface area contributed by atoms with E-state index in [2.05, 4.69) is 42.5 Å². The van der Waals surface area contributed by atoms with Crippen LogP contribution in [0.15, 0.2) is 42.5 Å². The Hall–Kier alpha value is -0.456. The molecule has 0 saturated carbocycles. The maximum absolute atomic E-state index is 2.12. The van der Waals surface area contributed by atoms with Gasteiger partial charge in [0.15, 0.2) is 0 Å². The number of rotatable bonds is 0. The molecule has 0 unspecified atom stereocenters. The summed E-state index contributed by atoms with van der Waals surface area (Å²) in [6.45, 7) is 0. The summed E-state index contributed by atoms with van der Waals surface area (Å²) in [4.78, 5) is 0. The summed E-state index contributed by atoms with van der Waals surface area (Å²) in [6.07, 6.45) is 0. The van der Waals surface area contributed by atoms with Crippen molar-refractivity contribution in [2.75, 3.05) is 0 Å². The zero-order valence-electron chi connectivity index (χ0n) is 8.54.